The molecule has 8 heteroatoms. The van der Waals surface area contributed by atoms with Crippen LogP contribution in [0.2, 0.25) is 0 Å². The molecule has 1 fully saturated rings. The molecule has 156 valence electrons. The number of rotatable bonds is 6. The quantitative estimate of drug-likeness (QED) is 0.679. The van der Waals surface area contributed by atoms with Gasteiger partial charge in [0.1, 0.15) is 5.75 Å². The van der Waals surface area contributed by atoms with Crippen LogP contribution in [0.5, 0.6) is 5.75 Å². The van der Waals surface area contributed by atoms with Crippen LogP contribution in [0.1, 0.15) is 23.2 Å². The maximum absolute atomic E-state index is 12.9. The second-order valence-corrected chi connectivity index (χ2v) is 7.71. The van der Waals surface area contributed by atoms with E-state index in [9.17, 15) is 9.59 Å². The summed E-state index contributed by atoms with van der Waals surface area (Å²) in [4.78, 5) is 27.9. The summed E-state index contributed by atoms with van der Waals surface area (Å²) in [6.45, 7) is 1.35. The Hall–Kier alpha value is -2.22. The fourth-order valence-electron chi connectivity index (χ4n) is 3.08. The van der Waals surface area contributed by atoms with Gasteiger partial charge in [0.15, 0.2) is 0 Å². The van der Waals surface area contributed by atoms with Crippen molar-refractivity contribution in [3.63, 3.8) is 0 Å². The highest BCUT2D eigenvalue weighted by molar-refractivity contribution is 8.00. The summed E-state index contributed by atoms with van der Waals surface area (Å²) in [7, 11) is 1.58. The molecule has 29 heavy (non-hydrogen) atoms. The van der Waals surface area contributed by atoms with Gasteiger partial charge in [0.05, 0.1) is 18.4 Å². The molecule has 0 unspecified atom stereocenters. The number of carbonyl (C=O) groups is 2. The van der Waals surface area contributed by atoms with Gasteiger partial charge in [0.2, 0.25) is 5.91 Å². The minimum absolute atomic E-state index is 0. The lowest BCUT2D eigenvalue weighted by Crippen LogP contribution is -2.43. The van der Waals surface area contributed by atoms with E-state index in [1.165, 1.54) is 11.8 Å². The molecule has 3 N–H and O–H groups in total. The van der Waals surface area contributed by atoms with Crippen molar-refractivity contribution in [3.05, 3.63) is 54.1 Å². The summed E-state index contributed by atoms with van der Waals surface area (Å²) in [6, 6.07) is 14.8. The molecule has 0 spiro atoms. The molecule has 2 aromatic carbocycles. The summed E-state index contributed by atoms with van der Waals surface area (Å²) < 4.78 is 5.17. The Bertz CT molecular complexity index is 841. The highest BCUT2D eigenvalue weighted by Crippen LogP contribution is 2.25. The molecule has 0 atom stereocenters. The number of carbonyl (C=O) groups excluding carboxylic acids is 2. The summed E-state index contributed by atoms with van der Waals surface area (Å²) in [5.74, 6) is 0.766. The van der Waals surface area contributed by atoms with Crippen LogP contribution in [-0.4, -0.2) is 48.7 Å². The number of hydrogen-bond acceptors (Lipinski definition) is 5. The Labute approximate surface area is 181 Å². The number of likely N-dealkylation sites (tertiary alicyclic amines) is 1. The van der Waals surface area contributed by atoms with Crippen molar-refractivity contribution in [1.82, 2.24) is 4.90 Å². The van der Waals surface area contributed by atoms with Crippen LogP contribution in [0.3, 0.4) is 0 Å². The van der Waals surface area contributed by atoms with Crippen molar-refractivity contribution in [2.75, 3.05) is 31.3 Å². The number of nitrogens with two attached hydrogens (primary N) is 1. The first-order valence-corrected chi connectivity index (χ1v) is 10.3. The van der Waals surface area contributed by atoms with Gasteiger partial charge >= 0.3 is 0 Å². The number of piperidine rings is 1. The monoisotopic (exact) mass is 435 g/mol. The lowest BCUT2D eigenvalue weighted by Gasteiger charge is -2.30. The van der Waals surface area contributed by atoms with Crippen LogP contribution >= 0.6 is 24.2 Å². The van der Waals surface area contributed by atoms with E-state index in [1.807, 2.05) is 47.4 Å². The topological polar surface area (TPSA) is 84.7 Å². The van der Waals surface area contributed by atoms with Gasteiger partial charge in [-0.05, 0) is 37.1 Å². The molecule has 0 aliphatic carbocycles. The molecule has 1 saturated heterocycles. The Morgan fingerprint density at radius 1 is 1.17 bits per heavy atom. The molecule has 1 aliphatic rings. The van der Waals surface area contributed by atoms with Crippen LogP contribution in [0.25, 0.3) is 0 Å². The third-order valence-corrected chi connectivity index (χ3v) is 5.73. The summed E-state index contributed by atoms with van der Waals surface area (Å²) in [5.41, 5.74) is 7.25. The van der Waals surface area contributed by atoms with Gasteiger partial charge in [-0.3, -0.25) is 9.59 Å². The fourth-order valence-corrected chi connectivity index (χ4v) is 3.93. The van der Waals surface area contributed by atoms with Crippen molar-refractivity contribution >= 4 is 41.7 Å². The molecule has 6 nitrogen and oxygen atoms in total. The first kappa shape index (κ1) is 23.1. The zero-order valence-corrected chi connectivity index (χ0v) is 17.9. The molecule has 3 rings (SSSR count). The van der Waals surface area contributed by atoms with Gasteiger partial charge < -0.3 is 20.7 Å². The first-order chi connectivity index (χ1) is 13.6. The van der Waals surface area contributed by atoms with E-state index in [2.05, 4.69) is 5.32 Å². The average molecular weight is 436 g/mol. The summed E-state index contributed by atoms with van der Waals surface area (Å²) >= 11 is 1.36. The van der Waals surface area contributed by atoms with Crippen LogP contribution in [0, 0.1) is 0 Å². The molecule has 1 aliphatic heterocycles. The van der Waals surface area contributed by atoms with E-state index in [0.29, 0.717) is 30.1 Å². The number of methoxy groups -OCH3 is 1. The Morgan fingerprint density at radius 2 is 1.90 bits per heavy atom. The van der Waals surface area contributed by atoms with Crippen LogP contribution in [0.15, 0.2) is 53.4 Å². The largest absolute Gasteiger partial charge is 0.497 e. The lowest BCUT2D eigenvalue weighted by molar-refractivity contribution is -0.113. The van der Waals surface area contributed by atoms with E-state index in [0.717, 1.165) is 17.7 Å². The minimum Gasteiger partial charge on any atom is -0.497 e. The SMILES string of the molecule is COc1cccc(NC(=O)CSc2ccccc2C(=O)N2CCC(N)CC2)c1.Cl. The number of hydrogen-bond donors (Lipinski definition) is 2. The Balaban J connectivity index is 0.00000300. The summed E-state index contributed by atoms with van der Waals surface area (Å²) in [5, 5.41) is 2.85. The zero-order valence-electron chi connectivity index (χ0n) is 16.3. The molecule has 0 bridgehead atoms. The molecular weight excluding hydrogens is 410 g/mol. The predicted octanol–water partition coefficient (Wildman–Crippen LogP) is 3.41. The number of amides is 2. The van der Waals surface area contributed by atoms with Gasteiger partial charge in [-0.25, -0.2) is 0 Å². The van der Waals surface area contributed by atoms with Crippen molar-refractivity contribution in [3.8, 4) is 5.75 Å². The van der Waals surface area contributed by atoms with Crippen molar-refractivity contribution < 1.29 is 14.3 Å². The van der Waals surface area contributed by atoms with E-state index < -0.39 is 0 Å². The van der Waals surface area contributed by atoms with Gasteiger partial charge in [-0.1, -0.05) is 18.2 Å². The molecule has 2 aromatic rings. The molecule has 0 saturated carbocycles. The number of nitrogens with one attached hydrogen (secondary N) is 1. The number of nitrogens with zero attached hydrogens (tertiary/aromatic N) is 1. The second-order valence-electron chi connectivity index (χ2n) is 6.69. The summed E-state index contributed by atoms with van der Waals surface area (Å²) in [6.07, 6.45) is 1.65. The highest BCUT2D eigenvalue weighted by Gasteiger charge is 2.23. The number of anilines is 1. The van der Waals surface area contributed by atoms with Crippen LogP contribution in [0.4, 0.5) is 5.69 Å². The average Bonchev–Trinajstić information content (AvgIpc) is 2.72. The zero-order chi connectivity index (χ0) is 19.9. The molecule has 1 heterocycles. The number of ether oxygens (including phenoxy) is 1. The van der Waals surface area contributed by atoms with Crippen molar-refractivity contribution in [1.29, 1.82) is 0 Å². The van der Waals surface area contributed by atoms with E-state index in [1.54, 1.807) is 13.2 Å². The van der Waals surface area contributed by atoms with E-state index in [4.69, 9.17) is 10.5 Å². The third kappa shape index (κ3) is 6.39. The third-order valence-electron chi connectivity index (χ3n) is 4.66. The number of halogens is 1. The molecular formula is C21H26ClN3O3S. The smallest absolute Gasteiger partial charge is 0.254 e. The van der Waals surface area contributed by atoms with Crippen LogP contribution in [-0.2, 0) is 4.79 Å². The van der Waals surface area contributed by atoms with Crippen molar-refractivity contribution in [2.45, 2.75) is 23.8 Å². The molecule has 0 aromatic heterocycles. The standard InChI is InChI=1S/C21H25N3O3S.ClH/c1-27-17-6-4-5-16(13-17)23-20(25)14-28-19-8-3-2-7-18(19)21(26)24-11-9-15(22)10-12-24;/h2-8,13,15H,9-12,14,22H2,1H3,(H,23,25);1H. The second kappa shape index (κ2) is 11.1. The number of benzene rings is 2. The van der Waals surface area contributed by atoms with Gasteiger partial charge in [-0.2, -0.15) is 0 Å². The van der Waals surface area contributed by atoms with E-state index in [-0.39, 0.29) is 36.0 Å². The lowest BCUT2D eigenvalue weighted by atomic mass is 10.0. The Kier molecular flexibility index (Phi) is 8.82. The maximum atomic E-state index is 12.9. The van der Waals surface area contributed by atoms with Gasteiger partial charge in [0, 0.05) is 35.8 Å². The fraction of sp³-hybridized carbons (Fsp3) is 0.333. The maximum Gasteiger partial charge on any atom is 0.254 e. The predicted molar refractivity (Wildman–Crippen MR) is 119 cm³/mol. The number of thioether (sulfide) groups is 1. The molecule has 2 amide bonds. The molecule has 0 radical (unpaired) electrons. The van der Waals surface area contributed by atoms with Gasteiger partial charge in [0.25, 0.3) is 5.91 Å². The first-order valence-electron chi connectivity index (χ1n) is 9.27. The highest BCUT2D eigenvalue weighted by atomic mass is 35.5. The normalized spacial score (nSPS) is 14.1. The minimum atomic E-state index is -0.135. The van der Waals surface area contributed by atoms with Crippen molar-refractivity contribution in [2.24, 2.45) is 5.73 Å². The van der Waals surface area contributed by atoms with Gasteiger partial charge in [-0.15, -0.1) is 24.2 Å². The Morgan fingerprint density at radius 3 is 2.62 bits per heavy atom. The van der Waals surface area contributed by atoms with Crippen LogP contribution < -0.4 is 15.8 Å². The van der Waals surface area contributed by atoms with E-state index >= 15 is 0 Å².